The van der Waals surface area contributed by atoms with Crippen molar-refractivity contribution in [2.45, 2.75) is 13.8 Å². The van der Waals surface area contributed by atoms with Gasteiger partial charge >= 0.3 is 5.69 Å². The van der Waals surface area contributed by atoms with Crippen LogP contribution >= 0.6 is 0 Å². The minimum atomic E-state index is -0.856. The number of nitro benzene ring substituents is 1. The van der Waals surface area contributed by atoms with Gasteiger partial charge in [0.25, 0.3) is 11.2 Å². The minimum absolute atomic E-state index is 0.0167. The molecule has 0 aliphatic heterocycles. The molecular weight excluding hydrogens is 364 g/mol. The zero-order chi connectivity index (χ0) is 20.4. The van der Waals surface area contributed by atoms with Gasteiger partial charge in [0.2, 0.25) is 5.88 Å². The topological polar surface area (TPSA) is 131 Å². The number of aryl methyl sites for hydroxylation is 2. The Morgan fingerprint density at radius 3 is 2.57 bits per heavy atom. The Bertz CT molecular complexity index is 1220. The lowest BCUT2D eigenvalue weighted by molar-refractivity contribution is -0.384. The Balaban J connectivity index is 2.17. The number of aromatic hydroxyl groups is 1. The second-order valence-corrected chi connectivity index (χ2v) is 6.13. The molecule has 0 atom stereocenters. The van der Waals surface area contributed by atoms with Gasteiger partial charge in [-0.05, 0) is 37.1 Å². The van der Waals surface area contributed by atoms with Crippen molar-refractivity contribution in [1.29, 1.82) is 0 Å². The summed E-state index contributed by atoms with van der Waals surface area (Å²) in [5.41, 5.74) is -0.415. The maximum absolute atomic E-state index is 12.2. The van der Waals surface area contributed by atoms with Gasteiger partial charge in [0.05, 0.1) is 10.6 Å². The van der Waals surface area contributed by atoms with E-state index in [1.54, 1.807) is 44.2 Å². The molecule has 1 aromatic heterocycles. The molecule has 9 nitrogen and oxygen atoms in total. The van der Waals surface area contributed by atoms with E-state index in [1.165, 1.54) is 12.1 Å². The van der Waals surface area contributed by atoms with Crippen LogP contribution in [0.2, 0.25) is 0 Å². The third kappa shape index (κ3) is 3.45. The number of benzene rings is 2. The molecule has 0 spiro atoms. The van der Waals surface area contributed by atoms with E-state index in [-0.39, 0.29) is 16.9 Å². The number of aromatic nitrogens is 2. The molecule has 0 fully saturated rings. The number of hydrogen-bond acceptors (Lipinski definition) is 6. The van der Waals surface area contributed by atoms with E-state index in [2.05, 4.69) is 9.98 Å². The first-order valence-corrected chi connectivity index (χ1v) is 8.23. The second kappa shape index (κ2) is 7.31. The number of aliphatic imine (C=N–C) groups is 1. The quantitative estimate of drug-likeness (QED) is 0.408. The summed E-state index contributed by atoms with van der Waals surface area (Å²) in [5, 5.41) is 21.8. The molecule has 0 aliphatic carbocycles. The van der Waals surface area contributed by atoms with E-state index in [9.17, 15) is 24.8 Å². The lowest BCUT2D eigenvalue weighted by atomic mass is 10.2. The number of para-hydroxylation sites is 1. The summed E-state index contributed by atoms with van der Waals surface area (Å²) in [5.74, 6) is -0.610. The van der Waals surface area contributed by atoms with Crippen LogP contribution in [0, 0.1) is 24.0 Å². The summed E-state index contributed by atoms with van der Waals surface area (Å²) in [6, 6.07) is 11.2. The van der Waals surface area contributed by atoms with Crippen molar-refractivity contribution in [3.05, 3.63) is 90.1 Å². The average Bonchev–Trinajstić information content (AvgIpc) is 2.63. The molecule has 0 amide bonds. The lowest BCUT2D eigenvalue weighted by Crippen LogP contribution is -2.31. The third-order valence-corrected chi connectivity index (χ3v) is 4.14. The molecule has 142 valence electrons. The Kier molecular flexibility index (Phi) is 4.90. The smallest absolute Gasteiger partial charge is 0.335 e. The zero-order valence-corrected chi connectivity index (χ0v) is 15.0. The third-order valence-electron chi connectivity index (χ3n) is 4.14. The van der Waals surface area contributed by atoms with Crippen LogP contribution in [-0.2, 0) is 0 Å². The number of H-pyrrole nitrogens is 1. The van der Waals surface area contributed by atoms with Crippen LogP contribution in [0.5, 0.6) is 5.88 Å². The van der Waals surface area contributed by atoms with Crippen molar-refractivity contribution in [2.24, 2.45) is 4.99 Å². The summed E-state index contributed by atoms with van der Waals surface area (Å²) in [6.45, 7) is 3.45. The first-order chi connectivity index (χ1) is 13.3. The van der Waals surface area contributed by atoms with Crippen LogP contribution in [0.1, 0.15) is 16.7 Å². The molecule has 0 unspecified atom stereocenters. The predicted octanol–water partition coefficient (Wildman–Crippen LogP) is 2.51. The number of aromatic amines is 1. The van der Waals surface area contributed by atoms with Crippen molar-refractivity contribution in [3.63, 3.8) is 0 Å². The molecule has 0 saturated heterocycles. The van der Waals surface area contributed by atoms with Gasteiger partial charge in [-0.25, -0.2) is 14.4 Å². The lowest BCUT2D eigenvalue weighted by Gasteiger charge is -2.11. The highest BCUT2D eigenvalue weighted by Crippen LogP contribution is 2.28. The van der Waals surface area contributed by atoms with Crippen LogP contribution in [0.25, 0.3) is 5.69 Å². The molecule has 1 heterocycles. The Labute approximate surface area is 158 Å². The monoisotopic (exact) mass is 380 g/mol. The van der Waals surface area contributed by atoms with Crippen LogP contribution in [0.3, 0.4) is 0 Å². The first-order valence-electron chi connectivity index (χ1n) is 8.23. The highest BCUT2D eigenvalue weighted by atomic mass is 16.6. The highest BCUT2D eigenvalue weighted by molar-refractivity contribution is 5.85. The van der Waals surface area contributed by atoms with Gasteiger partial charge in [0, 0.05) is 12.3 Å². The predicted molar refractivity (Wildman–Crippen MR) is 104 cm³/mol. The van der Waals surface area contributed by atoms with Gasteiger partial charge in [0.15, 0.2) is 0 Å². The maximum atomic E-state index is 12.2. The van der Waals surface area contributed by atoms with Crippen molar-refractivity contribution in [1.82, 2.24) is 9.55 Å². The van der Waals surface area contributed by atoms with Crippen molar-refractivity contribution >= 4 is 17.6 Å². The molecule has 2 aromatic carbocycles. The molecule has 3 aromatic rings. The summed E-state index contributed by atoms with van der Waals surface area (Å²) >= 11 is 0. The number of nitro groups is 1. The largest absolute Gasteiger partial charge is 0.493 e. The van der Waals surface area contributed by atoms with E-state index >= 15 is 0 Å². The number of hydrogen-bond donors (Lipinski definition) is 2. The molecule has 2 N–H and O–H groups in total. The van der Waals surface area contributed by atoms with E-state index in [0.717, 1.165) is 10.8 Å². The fraction of sp³-hybridized carbons (Fsp3) is 0.105. The number of rotatable bonds is 4. The first kappa shape index (κ1) is 18.8. The van der Waals surface area contributed by atoms with Crippen molar-refractivity contribution in [2.75, 3.05) is 0 Å². The summed E-state index contributed by atoms with van der Waals surface area (Å²) in [4.78, 5) is 41.1. The van der Waals surface area contributed by atoms with E-state index in [1.807, 2.05) is 0 Å². The Hall–Kier alpha value is -4.01. The molecule has 0 aliphatic rings. The molecule has 3 rings (SSSR count). The van der Waals surface area contributed by atoms with Crippen LogP contribution in [0.4, 0.5) is 11.4 Å². The number of nitrogens with one attached hydrogen (secondary N) is 1. The fourth-order valence-electron chi connectivity index (χ4n) is 2.72. The molecule has 9 heteroatoms. The minimum Gasteiger partial charge on any atom is -0.493 e. The van der Waals surface area contributed by atoms with Crippen molar-refractivity contribution in [3.8, 4) is 11.6 Å². The molecule has 28 heavy (non-hydrogen) atoms. The zero-order valence-electron chi connectivity index (χ0n) is 15.0. The normalized spacial score (nSPS) is 11.1. The van der Waals surface area contributed by atoms with Gasteiger partial charge in [-0.2, -0.15) is 0 Å². The molecule has 0 saturated carbocycles. The molecule has 0 bridgehead atoms. The standard InChI is InChI=1S/C19H16N4O5/c1-11-7-8-14(16(9-11)23(27)28)20-10-13-17(24)21-19(26)22(18(13)25)15-6-4-3-5-12(15)2/h3-10,25H,1-2H3,(H,21,24,26). The van der Waals surface area contributed by atoms with E-state index in [0.29, 0.717) is 16.8 Å². The highest BCUT2D eigenvalue weighted by Gasteiger charge is 2.17. The van der Waals surface area contributed by atoms with Gasteiger partial charge in [0.1, 0.15) is 11.3 Å². The van der Waals surface area contributed by atoms with Gasteiger partial charge in [-0.1, -0.05) is 24.3 Å². The average molecular weight is 380 g/mol. The second-order valence-electron chi connectivity index (χ2n) is 6.13. The summed E-state index contributed by atoms with van der Waals surface area (Å²) < 4.78 is 0.946. The fourth-order valence-corrected chi connectivity index (χ4v) is 2.72. The van der Waals surface area contributed by atoms with Crippen molar-refractivity contribution < 1.29 is 10.0 Å². The van der Waals surface area contributed by atoms with E-state index < -0.39 is 22.1 Å². The van der Waals surface area contributed by atoms with Gasteiger partial charge in [-0.15, -0.1) is 0 Å². The van der Waals surface area contributed by atoms with Crippen LogP contribution in [0.15, 0.2) is 57.0 Å². The van der Waals surface area contributed by atoms with Crippen LogP contribution in [-0.4, -0.2) is 25.8 Å². The summed E-state index contributed by atoms with van der Waals surface area (Å²) in [7, 11) is 0. The molecule has 0 radical (unpaired) electrons. The molecular formula is C19H16N4O5. The summed E-state index contributed by atoms with van der Waals surface area (Å²) in [6.07, 6.45) is 1.00. The van der Waals surface area contributed by atoms with Gasteiger partial charge in [-0.3, -0.25) is 19.9 Å². The van der Waals surface area contributed by atoms with Gasteiger partial charge < -0.3 is 5.11 Å². The number of nitrogens with zero attached hydrogens (tertiary/aromatic N) is 3. The Morgan fingerprint density at radius 1 is 1.18 bits per heavy atom. The van der Waals surface area contributed by atoms with E-state index in [4.69, 9.17) is 0 Å². The SMILES string of the molecule is Cc1ccc(N=Cc2c(O)n(-c3ccccc3C)c(=O)[nH]c2=O)c([N+](=O)[O-])c1. The van der Waals surface area contributed by atoms with Crippen LogP contribution < -0.4 is 11.2 Å². The maximum Gasteiger partial charge on any atom is 0.335 e. The Morgan fingerprint density at radius 2 is 1.89 bits per heavy atom.